The van der Waals surface area contributed by atoms with Crippen molar-refractivity contribution < 1.29 is 13.9 Å². The number of methoxy groups -OCH3 is 1. The predicted molar refractivity (Wildman–Crippen MR) is 68.1 cm³/mol. The Kier molecular flexibility index (Phi) is 3.26. The van der Waals surface area contributed by atoms with Crippen LogP contribution in [0, 0.1) is 5.41 Å². The molecule has 2 heterocycles. The molecule has 0 spiro atoms. The van der Waals surface area contributed by atoms with Crippen molar-refractivity contribution in [2.45, 2.75) is 27.4 Å². The molecule has 0 aromatic carbocycles. The van der Waals surface area contributed by atoms with Gasteiger partial charge < -0.3 is 4.74 Å². The number of ketones is 1. The van der Waals surface area contributed by atoms with Gasteiger partial charge in [0, 0.05) is 11.5 Å². The van der Waals surface area contributed by atoms with E-state index < -0.39 is 12.1 Å². The zero-order valence-corrected chi connectivity index (χ0v) is 11.4. The van der Waals surface area contributed by atoms with Crippen LogP contribution in [0.3, 0.4) is 0 Å². The molecular weight excluding hydrogens is 249 g/mol. The molecule has 2 aromatic rings. The second-order valence-corrected chi connectivity index (χ2v) is 5.27. The maximum absolute atomic E-state index is 12.7. The molecule has 2 aromatic heterocycles. The van der Waals surface area contributed by atoms with E-state index in [1.54, 1.807) is 12.1 Å². The second-order valence-electron chi connectivity index (χ2n) is 5.27. The van der Waals surface area contributed by atoms with Crippen LogP contribution < -0.4 is 4.74 Å². The smallest absolute Gasteiger partial charge is 0.216 e. The van der Waals surface area contributed by atoms with Crippen LogP contribution in [-0.4, -0.2) is 27.5 Å². The molecule has 0 bridgehead atoms. The van der Waals surface area contributed by atoms with Gasteiger partial charge in [-0.1, -0.05) is 20.8 Å². The third-order valence-corrected chi connectivity index (χ3v) is 2.75. The lowest BCUT2D eigenvalue weighted by molar-refractivity contribution is 0.0859. The highest BCUT2D eigenvalue weighted by molar-refractivity contribution is 6.04. The molecule has 0 aliphatic heterocycles. The summed E-state index contributed by atoms with van der Waals surface area (Å²) in [5, 5.41) is 3.98. The summed E-state index contributed by atoms with van der Waals surface area (Å²) in [6.07, 6.45) is 0. The molecule has 0 atom stereocenters. The van der Waals surface area contributed by atoms with Gasteiger partial charge in [-0.15, -0.1) is 5.10 Å². The number of alkyl halides is 1. The zero-order valence-electron chi connectivity index (χ0n) is 11.4. The van der Waals surface area contributed by atoms with Gasteiger partial charge in [-0.25, -0.2) is 9.37 Å². The normalized spacial score (nSPS) is 11.8. The van der Waals surface area contributed by atoms with Gasteiger partial charge in [0.2, 0.25) is 5.88 Å². The van der Waals surface area contributed by atoms with Crippen LogP contribution in [0.2, 0.25) is 0 Å². The van der Waals surface area contributed by atoms with Crippen molar-refractivity contribution in [1.82, 2.24) is 14.6 Å². The van der Waals surface area contributed by atoms with Crippen molar-refractivity contribution in [3.05, 3.63) is 23.5 Å². The van der Waals surface area contributed by atoms with E-state index in [1.165, 1.54) is 11.6 Å². The van der Waals surface area contributed by atoms with Gasteiger partial charge in [-0.3, -0.25) is 4.79 Å². The lowest BCUT2D eigenvalue weighted by atomic mass is 9.87. The Balaban J connectivity index is 2.70. The minimum atomic E-state index is -0.784. The number of hydrogen-bond donors (Lipinski definition) is 0. The molecule has 102 valence electrons. The summed E-state index contributed by atoms with van der Waals surface area (Å²) in [7, 11) is 1.48. The topological polar surface area (TPSA) is 56.5 Å². The van der Waals surface area contributed by atoms with E-state index in [9.17, 15) is 9.18 Å². The number of aromatic nitrogens is 3. The summed E-state index contributed by atoms with van der Waals surface area (Å²) in [4.78, 5) is 16.4. The van der Waals surface area contributed by atoms with E-state index >= 15 is 0 Å². The Bertz CT molecular complexity index is 629. The van der Waals surface area contributed by atoms with Crippen molar-refractivity contribution in [2.24, 2.45) is 5.41 Å². The van der Waals surface area contributed by atoms with Crippen LogP contribution in [-0.2, 0) is 6.67 Å². The van der Waals surface area contributed by atoms with Crippen LogP contribution in [0.4, 0.5) is 4.39 Å². The van der Waals surface area contributed by atoms with Gasteiger partial charge in [-0.05, 0) is 6.07 Å². The Morgan fingerprint density at radius 2 is 2.11 bits per heavy atom. The van der Waals surface area contributed by atoms with E-state index in [-0.39, 0.29) is 11.6 Å². The first-order valence-electron chi connectivity index (χ1n) is 5.92. The Morgan fingerprint density at radius 1 is 1.42 bits per heavy atom. The molecule has 2 rings (SSSR count). The molecular formula is C13H16FN3O2. The molecule has 0 amide bonds. The van der Waals surface area contributed by atoms with Crippen LogP contribution in [0.15, 0.2) is 12.1 Å². The number of carbonyl (C=O) groups is 1. The highest BCUT2D eigenvalue weighted by Crippen LogP contribution is 2.25. The van der Waals surface area contributed by atoms with Crippen molar-refractivity contribution >= 4 is 11.4 Å². The molecule has 0 N–H and O–H groups in total. The Hall–Kier alpha value is -1.98. The van der Waals surface area contributed by atoms with Gasteiger partial charge in [0.1, 0.15) is 0 Å². The summed E-state index contributed by atoms with van der Waals surface area (Å²) >= 11 is 0. The van der Waals surface area contributed by atoms with Crippen molar-refractivity contribution in [3.63, 3.8) is 0 Å². The molecule has 6 heteroatoms. The fourth-order valence-electron chi connectivity index (χ4n) is 1.77. The van der Waals surface area contributed by atoms with Gasteiger partial charge in [-0.2, -0.15) is 4.52 Å². The zero-order chi connectivity index (χ0) is 14.2. The maximum Gasteiger partial charge on any atom is 0.216 e. The first-order chi connectivity index (χ1) is 8.88. The van der Waals surface area contributed by atoms with Gasteiger partial charge in [0.05, 0.1) is 12.7 Å². The number of fused-ring (bicyclic) bond motifs is 1. The van der Waals surface area contributed by atoms with Crippen molar-refractivity contribution in [1.29, 1.82) is 0 Å². The summed E-state index contributed by atoms with van der Waals surface area (Å²) in [5.41, 5.74) is 0.198. The van der Waals surface area contributed by atoms with Crippen molar-refractivity contribution in [2.75, 3.05) is 7.11 Å². The number of halogens is 1. The average Bonchev–Trinajstić information content (AvgIpc) is 2.79. The van der Waals surface area contributed by atoms with E-state index in [0.717, 1.165) is 0 Å². The first kappa shape index (κ1) is 13.5. The fourth-order valence-corrected chi connectivity index (χ4v) is 1.77. The third kappa shape index (κ3) is 2.30. The highest BCUT2D eigenvalue weighted by Gasteiger charge is 2.26. The lowest BCUT2D eigenvalue weighted by Crippen LogP contribution is -2.21. The molecule has 0 aliphatic carbocycles. The van der Waals surface area contributed by atoms with Crippen LogP contribution >= 0.6 is 0 Å². The Morgan fingerprint density at radius 3 is 2.63 bits per heavy atom. The molecule has 0 saturated heterocycles. The van der Waals surface area contributed by atoms with Crippen molar-refractivity contribution in [3.8, 4) is 5.88 Å². The second kappa shape index (κ2) is 4.60. The average molecular weight is 265 g/mol. The Labute approximate surface area is 110 Å². The number of nitrogens with zero attached hydrogens (tertiary/aromatic N) is 3. The third-order valence-electron chi connectivity index (χ3n) is 2.75. The number of ether oxygens (including phenoxy) is 1. The molecule has 0 saturated carbocycles. The minimum Gasteiger partial charge on any atom is -0.481 e. The highest BCUT2D eigenvalue weighted by atomic mass is 19.1. The molecule has 0 unspecified atom stereocenters. The lowest BCUT2D eigenvalue weighted by Gasteiger charge is -2.17. The van der Waals surface area contributed by atoms with E-state index in [1.807, 2.05) is 20.8 Å². The molecule has 0 fully saturated rings. The van der Waals surface area contributed by atoms with Crippen LogP contribution in [0.1, 0.15) is 37.0 Å². The molecule has 19 heavy (non-hydrogen) atoms. The molecule has 0 radical (unpaired) electrons. The minimum absolute atomic E-state index is 0.0347. The number of pyridine rings is 1. The van der Waals surface area contributed by atoms with Crippen LogP contribution in [0.5, 0.6) is 5.88 Å². The number of Topliss-reactive ketones (excluding diaryl/α,β-unsaturated/α-hetero) is 1. The first-order valence-corrected chi connectivity index (χ1v) is 5.92. The molecule has 0 aliphatic rings. The van der Waals surface area contributed by atoms with E-state index in [2.05, 4.69) is 10.1 Å². The molecule has 5 nitrogen and oxygen atoms in total. The number of rotatable bonds is 3. The largest absolute Gasteiger partial charge is 0.481 e. The van der Waals surface area contributed by atoms with E-state index in [4.69, 9.17) is 4.74 Å². The maximum atomic E-state index is 12.7. The SMILES string of the molecule is COc1ccc(C(=O)C(C)(C)C)c2nc(CF)nn12. The van der Waals surface area contributed by atoms with Gasteiger partial charge in [0.15, 0.2) is 23.9 Å². The van der Waals surface area contributed by atoms with E-state index in [0.29, 0.717) is 17.1 Å². The van der Waals surface area contributed by atoms with Crippen LogP contribution in [0.25, 0.3) is 5.65 Å². The summed E-state index contributed by atoms with van der Waals surface area (Å²) in [5.74, 6) is 0.373. The standard InChI is InChI=1S/C13H16FN3O2/c1-13(2,3)11(18)8-5-6-10(19-4)17-12(8)15-9(7-14)16-17/h5-6H,7H2,1-4H3. The monoisotopic (exact) mass is 265 g/mol. The summed E-state index contributed by atoms with van der Waals surface area (Å²) < 4.78 is 19.2. The quantitative estimate of drug-likeness (QED) is 0.800. The van der Waals surface area contributed by atoms with Gasteiger partial charge in [0.25, 0.3) is 0 Å². The van der Waals surface area contributed by atoms with Gasteiger partial charge >= 0.3 is 0 Å². The number of carbonyl (C=O) groups excluding carboxylic acids is 1. The predicted octanol–water partition coefficient (Wildman–Crippen LogP) is 2.44. The summed E-state index contributed by atoms with van der Waals surface area (Å²) in [6.45, 7) is 4.68. The summed E-state index contributed by atoms with van der Waals surface area (Å²) in [6, 6.07) is 3.26. The fraction of sp³-hybridized carbons (Fsp3) is 0.462. The number of hydrogen-bond acceptors (Lipinski definition) is 4.